The Labute approximate surface area is 173 Å². The van der Waals surface area contributed by atoms with E-state index < -0.39 is 18.4 Å². The summed E-state index contributed by atoms with van der Waals surface area (Å²) in [5.74, 6) is 0.939. The van der Waals surface area contributed by atoms with Crippen LogP contribution in [-0.4, -0.2) is 72.5 Å². The Morgan fingerprint density at radius 1 is 1.20 bits per heavy atom. The third-order valence-corrected chi connectivity index (χ3v) is 4.63. The first-order valence-corrected chi connectivity index (χ1v) is 9.81. The number of carbonyl (C=O) groups is 1. The second kappa shape index (κ2) is 8.61. The zero-order valence-electron chi connectivity index (χ0n) is 17.3. The van der Waals surface area contributed by atoms with Gasteiger partial charge in [0.05, 0.1) is 12.6 Å². The molecule has 1 fully saturated rings. The van der Waals surface area contributed by atoms with Gasteiger partial charge in [0, 0.05) is 26.2 Å². The number of amides is 1. The molecule has 2 aliphatic rings. The Kier molecular flexibility index (Phi) is 6.33. The predicted octanol–water partition coefficient (Wildman–Crippen LogP) is 3.01. The second-order valence-electron chi connectivity index (χ2n) is 8.34. The summed E-state index contributed by atoms with van der Waals surface area (Å²) >= 11 is 0. The van der Waals surface area contributed by atoms with E-state index in [-0.39, 0.29) is 17.9 Å². The molecule has 0 bridgehead atoms. The van der Waals surface area contributed by atoms with Crippen molar-refractivity contribution in [3.63, 3.8) is 0 Å². The summed E-state index contributed by atoms with van der Waals surface area (Å²) in [7, 11) is 0. The molecule has 0 spiro atoms. The maximum atomic E-state index is 12.3. The van der Waals surface area contributed by atoms with Gasteiger partial charge < -0.3 is 24.6 Å². The van der Waals surface area contributed by atoms with Gasteiger partial charge in [-0.2, -0.15) is 13.2 Å². The van der Waals surface area contributed by atoms with Crippen molar-refractivity contribution in [1.29, 1.82) is 0 Å². The Balaban J connectivity index is 1.46. The van der Waals surface area contributed by atoms with Crippen molar-refractivity contribution in [1.82, 2.24) is 15.1 Å². The number of hydrogen-bond acceptors (Lipinski definition) is 6. The molecule has 0 aromatic heterocycles. The molecule has 0 radical (unpaired) electrons. The van der Waals surface area contributed by atoms with Crippen molar-refractivity contribution < 1.29 is 27.4 Å². The van der Waals surface area contributed by atoms with Gasteiger partial charge in [-0.15, -0.1) is 0 Å². The third-order valence-electron chi connectivity index (χ3n) is 4.63. The number of aliphatic imine (C=N–C) groups is 1. The van der Waals surface area contributed by atoms with E-state index in [2.05, 4.69) is 15.2 Å². The Morgan fingerprint density at radius 3 is 2.53 bits per heavy atom. The third kappa shape index (κ3) is 6.17. The highest BCUT2D eigenvalue weighted by Gasteiger charge is 2.36. The average Bonchev–Trinajstić information content (AvgIpc) is 3.06. The first-order valence-electron chi connectivity index (χ1n) is 9.81. The van der Waals surface area contributed by atoms with E-state index in [1.165, 1.54) is 12.1 Å². The number of alkyl halides is 3. The molecular formula is C20H27F3N4O3. The highest BCUT2D eigenvalue weighted by Crippen LogP contribution is 2.20. The number of guanidine groups is 1. The summed E-state index contributed by atoms with van der Waals surface area (Å²) in [6.45, 7) is 7.05. The normalized spacial score (nSPS) is 19.3. The van der Waals surface area contributed by atoms with Crippen molar-refractivity contribution in [2.24, 2.45) is 4.99 Å². The van der Waals surface area contributed by atoms with E-state index in [9.17, 15) is 18.0 Å². The van der Waals surface area contributed by atoms with Crippen LogP contribution in [0, 0.1) is 0 Å². The molecule has 3 rings (SSSR count). The minimum absolute atomic E-state index is 0.104. The molecule has 1 amide bonds. The van der Waals surface area contributed by atoms with Gasteiger partial charge in [0.2, 0.25) is 0 Å². The molecule has 166 valence electrons. The molecular weight excluding hydrogens is 401 g/mol. The van der Waals surface area contributed by atoms with Crippen LogP contribution in [0.25, 0.3) is 0 Å². The minimum Gasteiger partial charge on any atom is -0.484 e. The lowest BCUT2D eigenvalue weighted by molar-refractivity contribution is -0.153. The first kappa shape index (κ1) is 22.0. The molecule has 0 saturated carbocycles. The number of rotatable bonds is 4. The van der Waals surface area contributed by atoms with Crippen LogP contribution >= 0.6 is 0 Å². The smallest absolute Gasteiger partial charge is 0.422 e. The van der Waals surface area contributed by atoms with Crippen LogP contribution in [-0.2, 0) is 11.3 Å². The van der Waals surface area contributed by atoms with Crippen LogP contribution < -0.4 is 10.1 Å². The van der Waals surface area contributed by atoms with Gasteiger partial charge in [-0.25, -0.2) is 4.79 Å². The summed E-state index contributed by atoms with van der Waals surface area (Å²) in [6, 6.07) is 6.56. The van der Waals surface area contributed by atoms with Gasteiger partial charge in [0.25, 0.3) is 0 Å². The lowest BCUT2D eigenvalue weighted by Gasteiger charge is -2.39. The molecule has 1 N–H and O–H groups in total. The van der Waals surface area contributed by atoms with Crippen molar-refractivity contribution >= 4 is 12.1 Å². The van der Waals surface area contributed by atoms with Crippen molar-refractivity contribution in [3.8, 4) is 5.75 Å². The molecule has 10 heteroatoms. The van der Waals surface area contributed by atoms with Gasteiger partial charge in [-0.05, 0) is 38.5 Å². The van der Waals surface area contributed by atoms with E-state index in [1.807, 2.05) is 20.8 Å². The van der Waals surface area contributed by atoms with E-state index in [1.54, 1.807) is 17.0 Å². The zero-order valence-corrected chi connectivity index (χ0v) is 17.3. The number of nitrogens with one attached hydrogen (secondary N) is 1. The van der Waals surface area contributed by atoms with E-state index >= 15 is 0 Å². The highest BCUT2D eigenvalue weighted by molar-refractivity contribution is 5.82. The van der Waals surface area contributed by atoms with Gasteiger partial charge >= 0.3 is 12.3 Å². The fraction of sp³-hybridized carbons (Fsp3) is 0.600. The quantitative estimate of drug-likeness (QED) is 0.799. The number of benzene rings is 1. The van der Waals surface area contributed by atoms with Crippen molar-refractivity contribution in [3.05, 3.63) is 29.8 Å². The van der Waals surface area contributed by atoms with Gasteiger partial charge in [-0.1, -0.05) is 12.1 Å². The van der Waals surface area contributed by atoms with Gasteiger partial charge in [0.15, 0.2) is 12.6 Å². The van der Waals surface area contributed by atoms with E-state index in [0.717, 1.165) is 11.5 Å². The van der Waals surface area contributed by atoms with Crippen molar-refractivity contribution in [2.75, 3.05) is 32.8 Å². The summed E-state index contributed by atoms with van der Waals surface area (Å²) in [4.78, 5) is 20.7. The molecule has 1 aromatic carbocycles. The Hall–Kier alpha value is -2.65. The number of carbonyl (C=O) groups excluding carboxylic acids is 1. The van der Waals surface area contributed by atoms with Crippen LogP contribution in [0.15, 0.2) is 29.3 Å². The summed E-state index contributed by atoms with van der Waals surface area (Å²) in [5.41, 5.74) is 0.369. The molecule has 1 saturated heterocycles. The van der Waals surface area contributed by atoms with E-state index in [4.69, 9.17) is 9.47 Å². The number of hydrogen-bond donors (Lipinski definition) is 1. The molecule has 30 heavy (non-hydrogen) atoms. The lowest BCUT2D eigenvalue weighted by Crippen LogP contribution is -2.57. The van der Waals surface area contributed by atoms with Crippen molar-refractivity contribution in [2.45, 2.75) is 45.1 Å². The number of halogens is 3. The fourth-order valence-electron chi connectivity index (χ4n) is 3.27. The Bertz CT molecular complexity index is 775. The highest BCUT2D eigenvalue weighted by atomic mass is 19.4. The molecule has 2 aliphatic heterocycles. The van der Waals surface area contributed by atoms with Gasteiger partial charge in [-0.3, -0.25) is 4.99 Å². The monoisotopic (exact) mass is 428 g/mol. The van der Waals surface area contributed by atoms with Crippen LogP contribution in [0.5, 0.6) is 5.75 Å². The SMILES string of the molecule is CC(C)(C)OC(=O)N1CCN2C(NCc3ccc(OCC(F)(F)F)cc3)=NCC2C1. The number of piperazine rings is 1. The predicted molar refractivity (Wildman–Crippen MR) is 105 cm³/mol. The van der Waals surface area contributed by atoms with Crippen LogP contribution in [0.3, 0.4) is 0 Å². The largest absolute Gasteiger partial charge is 0.484 e. The number of fused-ring (bicyclic) bond motifs is 1. The number of ether oxygens (including phenoxy) is 2. The first-order chi connectivity index (χ1) is 14.0. The minimum atomic E-state index is -4.36. The molecule has 1 unspecified atom stereocenters. The lowest BCUT2D eigenvalue weighted by atomic mass is 10.2. The molecule has 0 aliphatic carbocycles. The topological polar surface area (TPSA) is 66.4 Å². The summed E-state index contributed by atoms with van der Waals surface area (Å²) < 4.78 is 46.8. The maximum absolute atomic E-state index is 12.3. The summed E-state index contributed by atoms with van der Waals surface area (Å²) in [6.07, 6.45) is -4.67. The molecule has 1 atom stereocenters. The Morgan fingerprint density at radius 2 is 1.90 bits per heavy atom. The van der Waals surface area contributed by atoms with Gasteiger partial charge in [0.1, 0.15) is 11.4 Å². The maximum Gasteiger partial charge on any atom is 0.422 e. The van der Waals surface area contributed by atoms with Crippen LogP contribution in [0.1, 0.15) is 26.3 Å². The van der Waals surface area contributed by atoms with E-state index in [0.29, 0.717) is 32.7 Å². The van der Waals surface area contributed by atoms with Crippen LogP contribution in [0.4, 0.5) is 18.0 Å². The zero-order chi connectivity index (χ0) is 21.9. The molecule has 7 nitrogen and oxygen atoms in total. The van der Waals surface area contributed by atoms with Crippen LogP contribution in [0.2, 0.25) is 0 Å². The summed E-state index contributed by atoms with van der Waals surface area (Å²) in [5, 5.41) is 3.28. The second-order valence-corrected chi connectivity index (χ2v) is 8.34. The molecule has 1 aromatic rings. The average molecular weight is 428 g/mol. The fourth-order valence-corrected chi connectivity index (χ4v) is 3.27. The number of nitrogens with zero attached hydrogens (tertiary/aromatic N) is 3. The standard InChI is InChI=1S/C20H27F3N4O3/c1-19(2,3)30-18(28)26-8-9-27-15(12-26)11-25-17(27)24-10-14-4-6-16(7-5-14)29-13-20(21,22)23/h4-7,15H,8-13H2,1-3H3,(H,24,25). The molecule has 2 heterocycles.